The maximum Gasteiger partial charge on any atom is 0.243 e. The van der Waals surface area contributed by atoms with Crippen LogP contribution in [0, 0.1) is 0 Å². The Labute approximate surface area is 112 Å². The lowest BCUT2D eigenvalue weighted by atomic mass is 10.0. The van der Waals surface area contributed by atoms with E-state index in [1.54, 1.807) is 0 Å². The van der Waals surface area contributed by atoms with Gasteiger partial charge in [0.15, 0.2) is 0 Å². The molecule has 1 heterocycles. The van der Waals surface area contributed by atoms with Crippen molar-refractivity contribution >= 4 is 11.8 Å². The lowest BCUT2D eigenvalue weighted by Crippen LogP contribution is -2.51. The summed E-state index contributed by atoms with van der Waals surface area (Å²) in [5.74, 6) is -0.634. The molecule has 0 bridgehead atoms. The molecule has 0 radical (unpaired) electrons. The topological polar surface area (TPSA) is 78.4 Å². The first-order valence-electron chi connectivity index (χ1n) is 6.46. The fourth-order valence-electron chi connectivity index (χ4n) is 2.07. The molecule has 5 nitrogen and oxygen atoms in total. The van der Waals surface area contributed by atoms with E-state index in [4.69, 9.17) is 0 Å². The third kappa shape index (κ3) is 3.39. The molecular weight excluding hydrogens is 244 g/mol. The standard InChI is InChI=1S/C14H18N2O3/c1-2-9-3-5-10(6-4-9)13(18)15-11-7-8-12(17)16-14(11)19/h3-6,11,13,15,18H,2,7-8H2,1H3,(H,16,17,19). The fourth-order valence-corrected chi connectivity index (χ4v) is 2.07. The normalized spacial score (nSPS) is 21.1. The first kappa shape index (κ1) is 13.7. The van der Waals surface area contributed by atoms with E-state index in [1.807, 2.05) is 24.3 Å². The molecule has 0 aliphatic carbocycles. The van der Waals surface area contributed by atoms with E-state index >= 15 is 0 Å². The molecule has 0 saturated carbocycles. The van der Waals surface area contributed by atoms with E-state index in [1.165, 1.54) is 5.56 Å². The predicted octanol–water partition coefficient (Wildman–Crippen LogP) is 0.635. The molecule has 5 heteroatoms. The van der Waals surface area contributed by atoms with Crippen molar-refractivity contribution in [3.8, 4) is 0 Å². The molecule has 1 aliphatic rings. The summed E-state index contributed by atoms with van der Waals surface area (Å²) in [6.07, 6.45) is 0.742. The van der Waals surface area contributed by atoms with E-state index in [-0.39, 0.29) is 11.8 Å². The largest absolute Gasteiger partial charge is 0.374 e. The average molecular weight is 262 g/mol. The molecule has 0 aromatic heterocycles. The Balaban J connectivity index is 1.98. The van der Waals surface area contributed by atoms with Crippen molar-refractivity contribution in [2.75, 3.05) is 0 Å². The van der Waals surface area contributed by atoms with Crippen molar-refractivity contribution in [2.45, 2.75) is 38.5 Å². The summed E-state index contributed by atoms with van der Waals surface area (Å²) in [7, 11) is 0. The lowest BCUT2D eigenvalue weighted by Gasteiger charge is -2.25. The lowest BCUT2D eigenvalue weighted by molar-refractivity contribution is -0.135. The van der Waals surface area contributed by atoms with Gasteiger partial charge in [0, 0.05) is 6.42 Å². The van der Waals surface area contributed by atoms with Gasteiger partial charge in [-0.2, -0.15) is 0 Å². The van der Waals surface area contributed by atoms with Crippen LogP contribution in [-0.4, -0.2) is 23.0 Å². The molecule has 1 fully saturated rings. The molecule has 1 aliphatic heterocycles. The van der Waals surface area contributed by atoms with Crippen LogP contribution in [0.1, 0.15) is 37.1 Å². The molecule has 1 aromatic carbocycles. The number of benzene rings is 1. The smallest absolute Gasteiger partial charge is 0.243 e. The van der Waals surface area contributed by atoms with Crippen LogP contribution in [0.5, 0.6) is 0 Å². The zero-order chi connectivity index (χ0) is 13.8. The summed E-state index contributed by atoms with van der Waals surface area (Å²) in [5, 5.41) is 15.1. The number of aliphatic hydroxyl groups excluding tert-OH is 1. The number of piperidine rings is 1. The molecule has 0 spiro atoms. The highest BCUT2D eigenvalue weighted by atomic mass is 16.3. The number of nitrogens with one attached hydrogen (secondary N) is 2. The summed E-state index contributed by atoms with van der Waals surface area (Å²) in [5.41, 5.74) is 1.90. The van der Waals surface area contributed by atoms with Gasteiger partial charge in [0.25, 0.3) is 0 Å². The quantitative estimate of drug-likeness (QED) is 0.549. The van der Waals surface area contributed by atoms with Crippen LogP contribution < -0.4 is 10.6 Å². The van der Waals surface area contributed by atoms with E-state index in [0.717, 1.165) is 6.42 Å². The van der Waals surface area contributed by atoms with Crippen molar-refractivity contribution in [3.63, 3.8) is 0 Å². The Morgan fingerprint density at radius 1 is 1.37 bits per heavy atom. The van der Waals surface area contributed by atoms with Crippen LogP contribution in [-0.2, 0) is 16.0 Å². The summed E-state index contributed by atoms with van der Waals surface area (Å²) in [6.45, 7) is 2.06. The molecule has 19 heavy (non-hydrogen) atoms. The second-order valence-corrected chi connectivity index (χ2v) is 4.67. The molecular formula is C14H18N2O3. The van der Waals surface area contributed by atoms with E-state index < -0.39 is 12.3 Å². The molecule has 2 rings (SSSR count). The van der Waals surface area contributed by atoms with Crippen LogP contribution >= 0.6 is 0 Å². The van der Waals surface area contributed by atoms with Gasteiger partial charge in [0.05, 0.1) is 6.04 Å². The first-order chi connectivity index (χ1) is 9.10. The van der Waals surface area contributed by atoms with E-state index in [9.17, 15) is 14.7 Å². The van der Waals surface area contributed by atoms with Crippen LogP contribution in [0.25, 0.3) is 0 Å². The molecule has 2 unspecified atom stereocenters. The van der Waals surface area contributed by atoms with Crippen molar-refractivity contribution in [1.29, 1.82) is 0 Å². The number of aryl methyl sites for hydroxylation is 1. The highest BCUT2D eigenvalue weighted by Gasteiger charge is 2.28. The van der Waals surface area contributed by atoms with Gasteiger partial charge in [0.2, 0.25) is 11.8 Å². The minimum absolute atomic E-state index is 0.259. The summed E-state index contributed by atoms with van der Waals surface area (Å²) < 4.78 is 0. The summed E-state index contributed by atoms with van der Waals surface area (Å²) >= 11 is 0. The van der Waals surface area contributed by atoms with Crippen LogP contribution in [0.4, 0.5) is 0 Å². The number of carbonyl (C=O) groups is 2. The zero-order valence-corrected chi connectivity index (χ0v) is 10.8. The van der Waals surface area contributed by atoms with Gasteiger partial charge in [-0.15, -0.1) is 0 Å². The van der Waals surface area contributed by atoms with Gasteiger partial charge in [-0.1, -0.05) is 31.2 Å². The molecule has 3 N–H and O–H groups in total. The van der Waals surface area contributed by atoms with Crippen LogP contribution in [0.3, 0.4) is 0 Å². The number of aliphatic hydroxyl groups is 1. The minimum Gasteiger partial charge on any atom is -0.374 e. The van der Waals surface area contributed by atoms with Gasteiger partial charge < -0.3 is 5.11 Å². The van der Waals surface area contributed by atoms with Crippen LogP contribution in [0.15, 0.2) is 24.3 Å². The number of carbonyl (C=O) groups excluding carboxylic acids is 2. The minimum atomic E-state index is -0.908. The highest BCUT2D eigenvalue weighted by molar-refractivity contribution is 6.00. The number of rotatable bonds is 4. The van der Waals surface area contributed by atoms with Gasteiger partial charge in [0.1, 0.15) is 6.23 Å². The SMILES string of the molecule is CCc1ccc(C(O)NC2CCC(=O)NC2=O)cc1. The van der Waals surface area contributed by atoms with Crippen molar-refractivity contribution in [1.82, 2.24) is 10.6 Å². The van der Waals surface area contributed by atoms with Gasteiger partial charge in [-0.25, -0.2) is 0 Å². The Morgan fingerprint density at radius 3 is 2.63 bits per heavy atom. The number of hydrogen-bond donors (Lipinski definition) is 3. The Kier molecular flexibility index (Phi) is 4.29. The second-order valence-electron chi connectivity index (χ2n) is 4.67. The molecule has 1 saturated heterocycles. The molecule has 2 atom stereocenters. The first-order valence-corrected chi connectivity index (χ1v) is 6.46. The Hall–Kier alpha value is -1.72. The van der Waals surface area contributed by atoms with Crippen LogP contribution in [0.2, 0.25) is 0 Å². The Morgan fingerprint density at radius 2 is 2.05 bits per heavy atom. The van der Waals surface area contributed by atoms with Crippen molar-refractivity contribution in [3.05, 3.63) is 35.4 Å². The Bertz CT molecular complexity index is 470. The van der Waals surface area contributed by atoms with E-state index in [2.05, 4.69) is 17.6 Å². The average Bonchev–Trinajstić information content (AvgIpc) is 2.42. The molecule has 1 aromatic rings. The van der Waals surface area contributed by atoms with Gasteiger partial charge in [-0.05, 0) is 24.0 Å². The summed E-state index contributed by atoms with van der Waals surface area (Å²) in [6, 6.07) is 7.04. The third-order valence-electron chi connectivity index (χ3n) is 3.30. The zero-order valence-electron chi connectivity index (χ0n) is 10.8. The monoisotopic (exact) mass is 262 g/mol. The molecule has 102 valence electrons. The predicted molar refractivity (Wildman–Crippen MR) is 70.1 cm³/mol. The fraction of sp³-hybridized carbons (Fsp3) is 0.429. The van der Waals surface area contributed by atoms with Crippen molar-refractivity contribution < 1.29 is 14.7 Å². The van der Waals surface area contributed by atoms with Gasteiger partial charge >= 0.3 is 0 Å². The maximum atomic E-state index is 11.6. The van der Waals surface area contributed by atoms with Gasteiger partial charge in [-0.3, -0.25) is 20.2 Å². The van der Waals surface area contributed by atoms with E-state index in [0.29, 0.717) is 18.4 Å². The highest BCUT2D eigenvalue weighted by Crippen LogP contribution is 2.15. The number of imide groups is 1. The maximum absolute atomic E-state index is 11.6. The third-order valence-corrected chi connectivity index (χ3v) is 3.30. The van der Waals surface area contributed by atoms with Crippen molar-refractivity contribution in [2.24, 2.45) is 0 Å². The number of amides is 2. The summed E-state index contributed by atoms with van der Waals surface area (Å²) in [4.78, 5) is 22.6. The number of hydrogen-bond acceptors (Lipinski definition) is 4. The molecule has 2 amide bonds. The second kappa shape index (κ2) is 5.95.